The molecular weight excluding hydrogens is 327 g/mol. The summed E-state index contributed by atoms with van der Waals surface area (Å²) in [6.07, 6.45) is -4.43. The number of alkyl halides is 3. The molecule has 7 nitrogen and oxygen atoms in total. The lowest BCUT2D eigenvalue weighted by atomic mass is 9.97. The fourth-order valence-corrected chi connectivity index (χ4v) is 2.85. The molecule has 0 aliphatic carbocycles. The van der Waals surface area contributed by atoms with Gasteiger partial charge in [-0.1, -0.05) is 5.16 Å². The van der Waals surface area contributed by atoms with E-state index in [4.69, 9.17) is 4.52 Å². The van der Waals surface area contributed by atoms with Crippen LogP contribution in [0.15, 0.2) is 4.52 Å². The quantitative estimate of drug-likeness (QED) is 0.920. The van der Waals surface area contributed by atoms with Gasteiger partial charge in [-0.3, -0.25) is 4.79 Å². The summed E-state index contributed by atoms with van der Waals surface area (Å²) in [5.74, 6) is -0.622. The van der Waals surface area contributed by atoms with Gasteiger partial charge in [0.2, 0.25) is 0 Å². The number of amides is 1. The number of rotatable bonds is 3. The predicted octanol–water partition coefficient (Wildman–Crippen LogP) is 1.94. The zero-order chi connectivity index (χ0) is 17.5. The lowest BCUT2D eigenvalue weighted by molar-refractivity contribution is -0.179. The lowest BCUT2D eigenvalue weighted by Gasteiger charge is -2.25. The number of hydrogen-bond acceptors (Lipinski definition) is 5. The smallest absolute Gasteiger partial charge is 0.361 e. The molecule has 0 aromatic carbocycles. The second kappa shape index (κ2) is 5.91. The number of nitrogens with one attached hydrogen (secondary N) is 1. The van der Waals surface area contributed by atoms with Gasteiger partial charge in [-0.2, -0.15) is 13.2 Å². The normalized spacial score (nSPS) is 17.6. The molecule has 1 aliphatic rings. The number of aryl methyl sites for hydroxylation is 2. The minimum absolute atomic E-state index is 0.0145. The number of fused-ring (bicyclic) bond motifs is 1. The van der Waals surface area contributed by atoms with Gasteiger partial charge in [0.15, 0.2) is 5.82 Å². The van der Waals surface area contributed by atoms with Crippen molar-refractivity contribution in [3.05, 3.63) is 28.7 Å². The maximum Gasteiger partial charge on any atom is 0.392 e. The first-order valence-corrected chi connectivity index (χ1v) is 7.46. The molecule has 3 heterocycles. The van der Waals surface area contributed by atoms with Crippen LogP contribution in [0, 0.1) is 19.8 Å². The zero-order valence-electron chi connectivity index (χ0n) is 13.1. The van der Waals surface area contributed by atoms with E-state index in [1.165, 1.54) is 0 Å². The molecule has 0 bridgehead atoms. The fraction of sp³-hybridized carbons (Fsp3) is 0.571. The topological polar surface area (TPSA) is 85.8 Å². The molecule has 1 amide bonds. The van der Waals surface area contributed by atoms with Crippen LogP contribution in [-0.2, 0) is 19.5 Å². The fourth-order valence-electron chi connectivity index (χ4n) is 2.85. The summed E-state index contributed by atoms with van der Waals surface area (Å²) in [5.41, 5.74) is 0.826. The van der Waals surface area contributed by atoms with E-state index in [0.717, 1.165) is 0 Å². The van der Waals surface area contributed by atoms with Gasteiger partial charge in [-0.15, -0.1) is 10.2 Å². The molecule has 2 aromatic rings. The van der Waals surface area contributed by atoms with Crippen molar-refractivity contribution in [1.82, 2.24) is 25.2 Å². The molecule has 0 saturated carbocycles. The molecular formula is C14H16F3N5O2. The van der Waals surface area contributed by atoms with Crippen LogP contribution in [0.3, 0.4) is 0 Å². The standard InChI is InChI=1S/C14H16F3N5O2/c1-7-12(8(2)24-21-7)13(23)18-6-11-20-19-10-5-9(14(15,16)17)3-4-22(10)11/h9H,3-6H2,1-2H3,(H,18,23)/t9-/m0/s1. The average Bonchev–Trinajstić information content (AvgIpc) is 3.07. The van der Waals surface area contributed by atoms with E-state index in [9.17, 15) is 18.0 Å². The predicted molar refractivity (Wildman–Crippen MR) is 75.0 cm³/mol. The van der Waals surface area contributed by atoms with Gasteiger partial charge in [0.1, 0.15) is 17.1 Å². The molecule has 0 saturated heterocycles. The van der Waals surface area contributed by atoms with Crippen molar-refractivity contribution in [1.29, 1.82) is 0 Å². The highest BCUT2D eigenvalue weighted by atomic mass is 19.4. The number of nitrogens with zero attached hydrogens (tertiary/aromatic N) is 4. The third kappa shape index (κ3) is 3.00. The summed E-state index contributed by atoms with van der Waals surface area (Å²) in [4.78, 5) is 12.2. The molecule has 0 spiro atoms. The second-order valence-electron chi connectivity index (χ2n) is 5.80. The average molecular weight is 343 g/mol. The summed E-state index contributed by atoms with van der Waals surface area (Å²) >= 11 is 0. The van der Waals surface area contributed by atoms with E-state index in [1.54, 1.807) is 18.4 Å². The number of carbonyl (C=O) groups is 1. The first-order chi connectivity index (χ1) is 11.3. The Balaban J connectivity index is 1.68. The van der Waals surface area contributed by atoms with Crippen molar-refractivity contribution in [2.45, 2.75) is 46.0 Å². The summed E-state index contributed by atoms with van der Waals surface area (Å²) in [5, 5.41) is 14.1. The van der Waals surface area contributed by atoms with Crippen LogP contribution < -0.4 is 5.32 Å². The van der Waals surface area contributed by atoms with Crippen LogP contribution >= 0.6 is 0 Å². The summed E-state index contributed by atoms with van der Waals surface area (Å²) in [7, 11) is 0. The van der Waals surface area contributed by atoms with E-state index in [0.29, 0.717) is 28.7 Å². The number of hydrogen-bond donors (Lipinski definition) is 1. The third-order valence-corrected chi connectivity index (χ3v) is 4.16. The molecule has 0 unspecified atom stereocenters. The number of halogens is 3. The Bertz CT molecular complexity index is 746. The molecule has 1 N–H and O–H groups in total. The van der Waals surface area contributed by atoms with E-state index in [-0.39, 0.29) is 31.8 Å². The Morgan fingerprint density at radius 3 is 2.75 bits per heavy atom. The van der Waals surface area contributed by atoms with Gasteiger partial charge >= 0.3 is 6.18 Å². The molecule has 10 heteroatoms. The van der Waals surface area contributed by atoms with Crippen molar-refractivity contribution in [2.75, 3.05) is 0 Å². The molecule has 0 fully saturated rings. The Hall–Kier alpha value is -2.39. The van der Waals surface area contributed by atoms with Crippen LogP contribution in [-0.4, -0.2) is 32.0 Å². The van der Waals surface area contributed by atoms with E-state index >= 15 is 0 Å². The van der Waals surface area contributed by atoms with Crippen LogP contribution in [0.25, 0.3) is 0 Å². The minimum Gasteiger partial charge on any atom is -0.361 e. The monoisotopic (exact) mass is 343 g/mol. The largest absolute Gasteiger partial charge is 0.392 e. The van der Waals surface area contributed by atoms with Crippen molar-refractivity contribution >= 4 is 5.91 Å². The van der Waals surface area contributed by atoms with Crippen molar-refractivity contribution in [3.8, 4) is 0 Å². The molecule has 2 aromatic heterocycles. The van der Waals surface area contributed by atoms with Crippen LogP contribution in [0.5, 0.6) is 0 Å². The van der Waals surface area contributed by atoms with Gasteiger partial charge in [0, 0.05) is 13.0 Å². The van der Waals surface area contributed by atoms with Gasteiger partial charge in [-0.25, -0.2) is 0 Å². The van der Waals surface area contributed by atoms with Gasteiger partial charge in [-0.05, 0) is 20.3 Å². The molecule has 1 atom stereocenters. The van der Waals surface area contributed by atoms with Crippen LogP contribution in [0.4, 0.5) is 13.2 Å². The summed E-state index contributed by atoms with van der Waals surface area (Å²) in [6.45, 7) is 3.54. The highest BCUT2D eigenvalue weighted by Gasteiger charge is 2.42. The van der Waals surface area contributed by atoms with E-state index < -0.39 is 12.1 Å². The Morgan fingerprint density at radius 2 is 2.12 bits per heavy atom. The van der Waals surface area contributed by atoms with Gasteiger partial charge in [0.25, 0.3) is 5.91 Å². The van der Waals surface area contributed by atoms with E-state index in [2.05, 4.69) is 20.7 Å². The first-order valence-electron chi connectivity index (χ1n) is 7.46. The molecule has 24 heavy (non-hydrogen) atoms. The van der Waals surface area contributed by atoms with Crippen molar-refractivity contribution in [3.63, 3.8) is 0 Å². The molecule has 1 aliphatic heterocycles. The van der Waals surface area contributed by atoms with Gasteiger partial charge in [0.05, 0.1) is 18.2 Å². The van der Waals surface area contributed by atoms with Crippen LogP contribution in [0.2, 0.25) is 0 Å². The molecule has 0 radical (unpaired) electrons. The first kappa shape index (κ1) is 16.5. The molecule has 3 rings (SSSR count). The maximum absolute atomic E-state index is 12.8. The SMILES string of the molecule is Cc1noc(C)c1C(=O)NCc1nnc2n1CC[C@H](C(F)(F)F)C2. The highest BCUT2D eigenvalue weighted by Crippen LogP contribution is 2.34. The van der Waals surface area contributed by atoms with Crippen LogP contribution in [0.1, 0.15) is 39.9 Å². The number of carbonyl (C=O) groups excluding carboxylic acids is 1. The second-order valence-corrected chi connectivity index (χ2v) is 5.80. The third-order valence-electron chi connectivity index (χ3n) is 4.16. The Labute approximate surface area is 135 Å². The lowest BCUT2D eigenvalue weighted by Crippen LogP contribution is -2.32. The number of aromatic nitrogens is 4. The minimum atomic E-state index is -4.23. The summed E-state index contributed by atoms with van der Waals surface area (Å²) in [6, 6.07) is 0. The Morgan fingerprint density at radius 1 is 1.38 bits per heavy atom. The molecule has 130 valence electrons. The zero-order valence-corrected chi connectivity index (χ0v) is 13.1. The Kier molecular flexibility index (Phi) is 4.06. The van der Waals surface area contributed by atoms with Gasteiger partial charge < -0.3 is 14.4 Å². The maximum atomic E-state index is 12.8. The summed E-state index contributed by atoms with van der Waals surface area (Å²) < 4.78 is 45.0. The van der Waals surface area contributed by atoms with Crippen molar-refractivity contribution < 1.29 is 22.5 Å². The van der Waals surface area contributed by atoms with Crippen molar-refractivity contribution in [2.24, 2.45) is 5.92 Å². The van der Waals surface area contributed by atoms with E-state index in [1.807, 2.05) is 0 Å². The highest BCUT2D eigenvalue weighted by molar-refractivity contribution is 5.95.